The fourth-order valence-corrected chi connectivity index (χ4v) is 11.4. The van der Waals surface area contributed by atoms with Crippen molar-refractivity contribution >= 4 is 62.3 Å². The summed E-state index contributed by atoms with van der Waals surface area (Å²) in [7, 11) is 0. The second kappa shape index (κ2) is 15.2. The van der Waals surface area contributed by atoms with Gasteiger partial charge in [0.05, 0.1) is 5.69 Å². The van der Waals surface area contributed by atoms with Gasteiger partial charge in [0.15, 0.2) is 0 Å². The quantitative estimate of drug-likeness (QED) is 0.149. The lowest BCUT2D eigenvalue weighted by Gasteiger charge is -2.30. The van der Waals surface area contributed by atoms with E-state index in [0.29, 0.717) is 22.5 Å². The maximum absolute atomic E-state index is 4.00. The Morgan fingerprint density at radius 1 is 0.889 bits per heavy atom. The maximum Gasteiger partial charge on any atom is 0.0543 e. The molecule has 0 radical (unpaired) electrons. The number of rotatable bonds is 10. The van der Waals surface area contributed by atoms with Crippen LogP contribution in [0.25, 0.3) is 21.8 Å². The number of hydrogen-bond acceptors (Lipinski definition) is 3. The number of nitrogens with zero attached hydrogens (tertiary/aromatic N) is 1. The first-order chi connectivity index (χ1) is 26.6. The molecular formula is C51H47NS2. The van der Waals surface area contributed by atoms with Crippen molar-refractivity contribution in [3.8, 4) is 0 Å². The zero-order chi connectivity index (χ0) is 36.5. The predicted octanol–water partition coefficient (Wildman–Crippen LogP) is 14.6. The van der Waals surface area contributed by atoms with Gasteiger partial charge >= 0.3 is 0 Å². The summed E-state index contributed by atoms with van der Waals surface area (Å²) in [6.07, 6.45) is 37.4. The molecule has 0 bridgehead atoms. The summed E-state index contributed by atoms with van der Waals surface area (Å²) in [5.74, 6) is 2.75. The summed E-state index contributed by atoms with van der Waals surface area (Å²) in [5, 5.41) is 2.60. The summed E-state index contributed by atoms with van der Waals surface area (Å²) in [4.78, 5) is 5.18. The Balaban J connectivity index is 1.05. The van der Waals surface area contributed by atoms with Crippen LogP contribution in [-0.2, 0) is 12.2 Å². The SMILES string of the molecule is C=C/C=C(\SCc1ccc(N(c2ccc(C3=CC4CC4(C4C=CC=CCC4)S3)cc2)c2cc3c(c4ccccc24)C=CC(C)C3)cc1)C1=CC=CCC=C1. The second-order valence-electron chi connectivity index (χ2n) is 15.2. The third kappa shape index (κ3) is 6.89. The molecule has 54 heavy (non-hydrogen) atoms. The van der Waals surface area contributed by atoms with Crippen LogP contribution in [0.4, 0.5) is 17.1 Å². The van der Waals surface area contributed by atoms with Gasteiger partial charge in [0, 0.05) is 37.1 Å². The van der Waals surface area contributed by atoms with Gasteiger partial charge in [0.1, 0.15) is 0 Å². The molecule has 0 N–H and O–H groups in total. The molecular weight excluding hydrogens is 691 g/mol. The molecule has 4 aromatic carbocycles. The molecule has 4 unspecified atom stereocenters. The Kier molecular flexibility index (Phi) is 9.86. The highest BCUT2D eigenvalue weighted by atomic mass is 32.2. The van der Waals surface area contributed by atoms with Gasteiger partial charge in [-0.05, 0) is 119 Å². The van der Waals surface area contributed by atoms with Gasteiger partial charge < -0.3 is 4.90 Å². The zero-order valence-electron chi connectivity index (χ0n) is 31.0. The van der Waals surface area contributed by atoms with Crippen LogP contribution in [0, 0.1) is 17.8 Å². The largest absolute Gasteiger partial charge is 0.310 e. The van der Waals surface area contributed by atoms with E-state index in [9.17, 15) is 0 Å². The minimum atomic E-state index is 0.360. The maximum atomic E-state index is 4.00. The summed E-state index contributed by atoms with van der Waals surface area (Å²) in [5.41, 5.74) is 10.3. The number of allylic oxidation sites excluding steroid dienone is 14. The minimum Gasteiger partial charge on any atom is -0.310 e. The standard InChI is InChI=1S/C51H47NS2/c1-3-14-49(38-15-8-4-5-9-16-38)53-35-37-22-26-43(27-23-37)52(48-32-40-31-36(2)21-30-45(40)46-19-12-13-20-47(46)48)44-28-24-39(25-29-44)50-33-42-34-51(42,54-50)41-17-10-6-7-11-18-41/h3-4,6-10,12-17,19-30,32-33,36,41-42H,1,5,11,18,31,34-35H2,2H3/b49-14-. The summed E-state index contributed by atoms with van der Waals surface area (Å²) < 4.78 is 0.360. The van der Waals surface area contributed by atoms with Crippen molar-refractivity contribution in [2.45, 2.75) is 49.5 Å². The van der Waals surface area contributed by atoms with E-state index in [4.69, 9.17) is 0 Å². The lowest BCUT2D eigenvalue weighted by molar-refractivity contribution is 0.552. The fourth-order valence-electron chi connectivity index (χ4n) is 8.68. The van der Waals surface area contributed by atoms with Crippen molar-refractivity contribution in [1.29, 1.82) is 0 Å². The van der Waals surface area contributed by atoms with Crippen LogP contribution in [-0.4, -0.2) is 4.75 Å². The highest BCUT2D eigenvalue weighted by Gasteiger charge is 2.61. The van der Waals surface area contributed by atoms with Gasteiger partial charge in [-0.25, -0.2) is 0 Å². The van der Waals surface area contributed by atoms with E-state index in [-0.39, 0.29) is 0 Å². The normalized spacial score (nSPS) is 24.0. The molecule has 0 amide bonds. The molecule has 1 nitrogen and oxygen atoms in total. The Bertz CT molecular complexity index is 2330. The lowest BCUT2D eigenvalue weighted by Crippen LogP contribution is -2.17. The van der Waals surface area contributed by atoms with Crippen LogP contribution in [0.5, 0.6) is 0 Å². The molecule has 4 atom stereocenters. The topological polar surface area (TPSA) is 3.24 Å². The number of anilines is 3. The smallest absolute Gasteiger partial charge is 0.0543 e. The van der Waals surface area contributed by atoms with Crippen LogP contribution < -0.4 is 4.90 Å². The van der Waals surface area contributed by atoms with Crippen LogP contribution in [0.1, 0.15) is 54.9 Å². The molecule has 0 saturated heterocycles. The number of hydrogen-bond donors (Lipinski definition) is 0. The average molecular weight is 738 g/mol. The lowest BCUT2D eigenvalue weighted by atomic mass is 9.86. The first-order valence-corrected chi connectivity index (χ1v) is 21.4. The molecule has 0 aromatic heterocycles. The molecule has 4 aromatic rings. The van der Waals surface area contributed by atoms with Crippen LogP contribution in [0.15, 0.2) is 175 Å². The van der Waals surface area contributed by atoms with Crippen LogP contribution >= 0.6 is 23.5 Å². The van der Waals surface area contributed by atoms with Gasteiger partial charge in [-0.1, -0.05) is 141 Å². The molecule has 5 aliphatic rings. The molecule has 4 aliphatic carbocycles. The van der Waals surface area contributed by atoms with E-state index >= 15 is 0 Å². The minimum absolute atomic E-state index is 0.360. The Hall–Kier alpha value is -4.70. The molecule has 1 saturated carbocycles. The van der Waals surface area contributed by atoms with E-state index in [1.54, 1.807) is 0 Å². The molecule has 1 fully saturated rings. The van der Waals surface area contributed by atoms with Crippen LogP contribution in [0.2, 0.25) is 0 Å². The van der Waals surface area contributed by atoms with Crippen LogP contribution in [0.3, 0.4) is 0 Å². The van der Waals surface area contributed by atoms with Crippen molar-refractivity contribution in [3.63, 3.8) is 0 Å². The highest BCUT2D eigenvalue weighted by Crippen LogP contribution is 2.69. The van der Waals surface area contributed by atoms with Gasteiger partial charge in [-0.2, -0.15) is 0 Å². The number of fused-ring (bicyclic) bond motifs is 4. The van der Waals surface area contributed by atoms with E-state index in [0.717, 1.165) is 18.6 Å². The fraction of sp³-hybridized carbons (Fsp3) is 0.216. The van der Waals surface area contributed by atoms with Crippen molar-refractivity contribution in [1.82, 2.24) is 0 Å². The van der Waals surface area contributed by atoms with Crippen molar-refractivity contribution < 1.29 is 0 Å². The monoisotopic (exact) mass is 737 g/mol. The number of thioether (sulfide) groups is 2. The molecule has 1 heterocycles. The molecule has 1 aliphatic heterocycles. The average Bonchev–Trinajstić information content (AvgIpc) is 3.94. The highest BCUT2D eigenvalue weighted by molar-refractivity contribution is 8.10. The first-order valence-electron chi connectivity index (χ1n) is 19.6. The summed E-state index contributed by atoms with van der Waals surface area (Å²) >= 11 is 4.01. The van der Waals surface area contributed by atoms with E-state index < -0.39 is 0 Å². The van der Waals surface area contributed by atoms with E-state index in [1.165, 1.54) is 84.7 Å². The Morgan fingerprint density at radius 2 is 1.70 bits per heavy atom. The summed E-state index contributed by atoms with van der Waals surface area (Å²) in [6, 6.07) is 30.1. The van der Waals surface area contributed by atoms with E-state index in [1.807, 2.05) is 17.8 Å². The van der Waals surface area contributed by atoms with Crippen molar-refractivity contribution in [2.24, 2.45) is 17.8 Å². The van der Waals surface area contributed by atoms with Gasteiger partial charge in [-0.3, -0.25) is 0 Å². The van der Waals surface area contributed by atoms with E-state index in [2.05, 4.69) is 188 Å². The number of benzene rings is 4. The first kappa shape index (κ1) is 35.0. The Morgan fingerprint density at radius 3 is 2.54 bits per heavy atom. The van der Waals surface area contributed by atoms with Crippen molar-refractivity contribution in [2.75, 3.05) is 4.90 Å². The predicted molar refractivity (Wildman–Crippen MR) is 238 cm³/mol. The molecule has 0 spiro atoms. The molecule has 3 heteroatoms. The third-order valence-corrected chi connectivity index (χ3v) is 14.5. The molecule has 268 valence electrons. The third-order valence-electron chi connectivity index (χ3n) is 11.6. The second-order valence-corrected chi connectivity index (χ2v) is 17.7. The zero-order valence-corrected chi connectivity index (χ0v) is 32.7. The van der Waals surface area contributed by atoms with Gasteiger partial charge in [0.25, 0.3) is 0 Å². The van der Waals surface area contributed by atoms with Gasteiger partial charge in [0.2, 0.25) is 0 Å². The van der Waals surface area contributed by atoms with Crippen molar-refractivity contribution in [3.05, 3.63) is 197 Å². The van der Waals surface area contributed by atoms with Gasteiger partial charge in [-0.15, -0.1) is 23.5 Å². The summed E-state index contributed by atoms with van der Waals surface area (Å²) in [6.45, 7) is 6.32. The molecule has 9 rings (SSSR count). The Labute approximate surface area is 330 Å².